The molecule has 1 aliphatic rings. The minimum atomic E-state index is -0.163. The fourth-order valence-electron chi connectivity index (χ4n) is 1.61. The molecule has 4 heteroatoms. The van der Waals surface area contributed by atoms with Crippen LogP contribution < -0.4 is 0 Å². The van der Waals surface area contributed by atoms with Gasteiger partial charge >= 0.3 is 0 Å². The number of oxime groups is 1. The van der Waals surface area contributed by atoms with Crippen molar-refractivity contribution in [2.45, 2.75) is 33.6 Å². The lowest BCUT2D eigenvalue weighted by Gasteiger charge is -2.28. The molecule has 15 heavy (non-hydrogen) atoms. The predicted octanol–water partition coefficient (Wildman–Crippen LogP) is 2.21. The van der Waals surface area contributed by atoms with Crippen LogP contribution in [-0.2, 0) is 9.63 Å². The van der Waals surface area contributed by atoms with E-state index < -0.39 is 0 Å². The van der Waals surface area contributed by atoms with Gasteiger partial charge in [-0.2, -0.15) is 0 Å². The molecule has 1 N–H and O–H groups in total. The number of carbonyl (C=O) groups excluding carboxylic acids is 1. The summed E-state index contributed by atoms with van der Waals surface area (Å²) in [4.78, 5) is 16.4. The molecule has 0 atom stereocenters. The van der Waals surface area contributed by atoms with Gasteiger partial charge in [-0.05, 0) is 12.3 Å². The number of aliphatic hydroxyl groups is 1. The van der Waals surface area contributed by atoms with E-state index in [1.54, 1.807) is 6.92 Å². The highest BCUT2D eigenvalue weighted by Gasteiger charge is 2.32. The Balaban J connectivity index is 2.83. The van der Waals surface area contributed by atoms with Crippen molar-refractivity contribution >= 4 is 12.0 Å². The molecule has 1 aliphatic carbocycles. The van der Waals surface area contributed by atoms with E-state index in [0.717, 1.165) is 0 Å². The van der Waals surface area contributed by atoms with Crippen molar-refractivity contribution < 1.29 is 14.7 Å². The molecule has 0 aromatic carbocycles. The Labute approximate surface area is 89.6 Å². The minimum absolute atomic E-state index is 0.0767. The fraction of sp³-hybridized carbons (Fsp3) is 0.636. The van der Waals surface area contributed by atoms with E-state index in [2.05, 4.69) is 5.16 Å². The molecule has 0 aliphatic heterocycles. The third-order valence-electron chi connectivity index (χ3n) is 2.28. The second-order valence-corrected chi connectivity index (χ2v) is 4.45. The van der Waals surface area contributed by atoms with Gasteiger partial charge in [0.25, 0.3) is 0 Å². The van der Waals surface area contributed by atoms with Gasteiger partial charge in [0.15, 0.2) is 5.78 Å². The Morgan fingerprint density at radius 1 is 1.53 bits per heavy atom. The lowest BCUT2D eigenvalue weighted by molar-refractivity contribution is -0.117. The zero-order valence-electron chi connectivity index (χ0n) is 9.41. The van der Waals surface area contributed by atoms with E-state index in [1.165, 1.54) is 6.21 Å². The van der Waals surface area contributed by atoms with Crippen LogP contribution in [0.15, 0.2) is 16.5 Å². The molecule has 84 valence electrons. The summed E-state index contributed by atoms with van der Waals surface area (Å²) >= 11 is 0. The Kier molecular flexibility index (Phi) is 3.50. The maximum Gasteiger partial charge on any atom is 0.168 e. The highest BCUT2D eigenvalue weighted by Crippen LogP contribution is 2.34. The summed E-state index contributed by atoms with van der Waals surface area (Å²) in [6, 6.07) is 0. The molecule has 1 rings (SSSR count). The van der Waals surface area contributed by atoms with Crippen LogP contribution in [0.1, 0.15) is 33.6 Å². The van der Waals surface area contributed by atoms with E-state index in [-0.39, 0.29) is 22.5 Å². The van der Waals surface area contributed by atoms with Gasteiger partial charge in [-0.3, -0.25) is 4.79 Å². The summed E-state index contributed by atoms with van der Waals surface area (Å²) in [5.41, 5.74) is 0.118. The number of hydrogen-bond acceptors (Lipinski definition) is 4. The lowest BCUT2D eigenvalue weighted by Crippen LogP contribution is -2.26. The number of Topliss-reactive ketones (excluding diaryl/α,β-unsaturated/α-hetero) is 1. The van der Waals surface area contributed by atoms with E-state index in [9.17, 15) is 9.90 Å². The zero-order valence-corrected chi connectivity index (χ0v) is 9.41. The number of allylic oxidation sites excluding steroid dienone is 2. The molecule has 0 saturated heterocycles. The van der Waals surface area contributed by atoms with Gasteiger partial charge in [-0.1, -0.05) is 19.0 Å². The monoisotopic (exact) mass is 211 g/mol. The van der Waals surface area contributed by atoms with Gasteiger partial charge in [0, 0.05) is 12.8 Å². The molecule has 0 spiro atoms. The maximum absolute atomic E-state index is 11.6. The highest BCUT2D eigenvalue weighted by molar-refractivity contribution is 6.14. The van der Waals surface area contributed by atoms with Crippen LogP contribution in [0, 0.1) is 5.41 Å². The molecule has 0 fully saturated rings. The van der Waals surface area contributed by atoms with Crippen LogP contribution in [0.3, 0.4) is 0 Å². The minimum Gasteiger partial charge on any atom is -0.511 e. The topological polar surface area (TPSA) is 58.9 Å². The Bertz CT molecular complexity index is 316. The summed E-state index contributed by atoms with van der Waals surface area (Å²) in [7, 11) is 0. The number of nitrogens with zero attached hydrogens (tertiary/aromatic N) is 1. The third-order valence-corrected chi connectivity index (χ3v) is 2.28. The second kappa shape index (κ2) is 4.47. The first-order valence-corrected chi connectivity index (χ1v) is 5.07. The van der Waals surface area contributed by atoms with Gasteiger partial charge in [0.05, 0.1) is 11.8 Å². The summed E-state index contributed by atoms with van der Waals surface area (Å²) in [6.07, 6.45) is 2.24. The molecule has 0 unspecified atom stereocenters. The van der Waals surface area contributed by atoms with Crippen LogP contribution in [0.5, 0.6) is 0 Å². The number of carbonyl (C=O) groups is 1. The van der Waals surface area contributed by atoms with E-state index in [4.69, 9.17) is 4.84 Å². The van der Waals surface area contributed by atoms with Gasteiger partial charge in [0.2, 0.25) is 0 Å². The Hall–Kier alpha value is -1.32. The number of hydrogen-bond donors (Lipinski definition) is 1. The van der Waals surface area contributed by atoms with Gasteiger partial charge < -0.3 is 9.94 Å². The van der Waals surface area contributed by atoms with E-state index in [1.807, 2.05) is 13.8 Å². The quantitative estimate of drug-likeness (QED) is 0.575. The Morgan fingerprint density at radius 3 is 2.73 bits per heavy atom. The van der Waals surface area contributed by atoms with Crippen LogP contribution in [-0.4, -0.2) is 23.7 Å². The van der Waals surface area contributed by atoms with Crippen molar-refractivity contribution in [3.05, 3.63) is 11.3 Å². The molecule has 0 aromatic rings. The normalized spacial score (nSPS) is 21.1. The molecule has 0 aromatic heterocycles. The van der Waals surface area contributed by atoms with Crippen LogP contribution in [0.2, 0.25) is 0 Å². The number of aliphatic hydroxyl groups excluding tert-OH is 1. The molecular formula is C11H17NO3. The first kappa shape index (κ1) is 11.8. The van der Waals surface area contributed by atoms with E-state index in [0.29, 0.717) is 19.4 Å². The lowest BCUT2D eigenvalue weighted by atomic mass is 9.77. The number of rotatable bonds is 3. The summed E-state index contributed by atoms with van der Waals surface area (Å²) in [5.74, 6) is 0.0342. The first-order chi connectivity index (χ1) is 6.96. The Morgan fingerprint density at radius 2 is 2.20 bits per heavy atom. The largest absolute Gasteiger partial charge is 0.511 e. The standard InChI is InChI=1S/C11H17NO3/c1-4-15-12-7-8-9(13)5-11(2,3)6-10(8)14/h7,13H,4-6H2,1-3H3/b12-7+. The molecule has 0 bridgehead atoms. The third kappa shape index (κ3) is 3.08. The average Bonchev–Trinajstić information content (AvgIpc) is 2.08. The fourth-order valence-corrected chi connectivity index (χ4v) is 1.61. The van der Waals surface area contributed by atoms with Crippen molar-refractivity contribution in [3.63, 3.8) is 0 Å². The van der Waals surface area contributed by atoms with Crippen molar-refractivity contribution in [2.75, 3.05) is 6.61 Å². The van der Waals surface area contributed by atoms with Crippen LogP contribution >= 0.6 is 0 Å². The zero-order chi connectivity index (χ0) is 11.5. The smallest absolute Gasteiger partial charge is 0.168 e. The molecule has 4 nitrogen and oxygen atoms in total. The van der Waals surface area contributed by atoms with Gasteiger partial charge in [-0.25, -0.2) is 0 Å². The molecule has 0 amide bonds. The average molecular weight is 211 g/mol. The summed E-state index contributed by atoms with van der Waals surface area (Å²) < 4.78 is 0. The highest BCUT2D eigenvalue weighted by atomic mass is 16.6. The van der Waals surface area contributed by atoms with Crippen LogP contribution in [0.25, 0.3) is 0 Å². The SMILES string of the molecule is CCO/N=C/C1=C(O)CC(C)(C)CC1=O. The van der Waals surface area contributed by atoms with Gasteiger partial charge in [0.1, 0.15) is 12.4 Å². The molecular weight excluding hydrogens is 194 g/mol. The van der Waals surface area contributed by atoms with Crippen molar-refractivity contribution in [1.29, 1.82) is 0 Å². The number of ketones is 1. The summed E-state index contributed by atoms with van der Waals surface area (Å²) in [6.45, 7) is 6.16. The van der Waals surface area contributed by atoms with Gasteiger partial charge in [-0.15, -0.1) is 0 Å². The van der Waals surface area contributed by atoms with E-state index >= 15 is 0 Å². The van der Waals surface area contributed by atoms with Crippen molar-refractivity contribution in [1.82, 2.24) is 0 Å². The second-order valence-electron chi connectivity index (χ2n) is 4.45. The predicted molar refractivity (Wildman–Crippen MR) is 57.8 cm³/mol. The summed E-state index contributed by atoms with van der Waals surface area (Å²) in [5, 5.41) is 13.3. The van der Waals surface area contributed by atoms with Crippen molar-refractivity contribution in [3.8, 4) is 0 Å². The molecule has 0 radical (unpaired) electrons. The molecule has 0 saturated carbocycles. The van der Waals surface area contributed by atoms with Crippen molar-refractivity contribution in [2.24, 2.45) is 10.6 Å². The van der Waals surface area contributed by atoms with Crippen LogP contribution in [0.4, 0.5) is 0 Å². The first-order valence-electron chi connectivity index (χ1n) is 5.07. The maximum atomic E-state index is 11.6. The molecule has 0 heterocycles.